The van der Waals surface area contributed by atoms with Crippen molar-refractivity contribution in [2.45, 2.75) is 84.5 Å². The molecule has 32 heavy (non-hydrogen) atoms. The molecule has 4 aliphatic carbocycles. The van der Waals surface area contributed by atoms with Crippen molar-refractivity contribution in [2.24, 2.45) is 28.6 Å². The maximum atomic E-state index is 13.5. The minimum atomic E-state index is -0.222. The lowest BCUT2D eigenvalue weighted by Gasteiger charge is -2.57. The van der Waals surface area contributed by atoms with E-state index in [9.17, 15) is 9.59 Å². The summed E-state index contributed by atoms with van der Waals surface area (Å²) in [5.41, 5.74) is 2.56. The normalized spacial score (nSPS) is 40.7. The predicted octanol–water partition coefficient (Wildman–Crippen LogP) is 5.65. The van der Waals surface area contributed by atoms with E-state index >= 15 is 0 Å². The Morgan fingerprint density at radius 1 is 1.03 bits per heavy atom. The molecule has 0 aliphatic heterocycles. The van der Waals surface area contributed by atoms with Crippen LogP contribution in [0.4, 0.5) is 0 Å². The van der Waals surface area contributed by atoms with Gasteiger partial charge in [0.15, 0.2) is 5.78 Å². The summed E-state index contributed by atoms with van der Waals surface area (Å²) in [7, 11) is 0. The molecular weight excluding hydrogens is 400 g/mol. The fourth-order valence-electron chi connectivity index (χ4n) is 7.70. The van der Waals surface area contributed by atoms with E-state index in [4.69, 9.17) is 9.47 Å². The van der Waals surface area contributed by atoms with Gasteiger partial charge in [0, 0.05) is 19.3 Å². The Morgan fingerprint density at radius 3 is 2.56 bits per heavy atom. The van der Waals surface area contributed by atoms with Gasteiger partial charge in [-0.25, -0.2) is 0 Å². The number of esters is 1. The zero-order valence-electron chi connectivity index (χ0n) is 19.6. The maximum absolute atomic E-state index is 13.5. The fourth-order valence-corrected chi connectivity index (χ4v) is 7.70. The molecule has 3 fully saturated rings. The van der Waals surface area contributed by atoms with Crippen molar-refractivity contribution >= 4 is 11.8 Å². The first-order chi connectivity index (χ1) is 15.3. The highest BCUT2D eigenvalue weighted by Crippen LogP contribution is 2.64. The zero-order chi connectivity index (χ0) is 22.5. The highest BCUT2D eigenvalue weighted by molar-refractivity contribution is 5.94. The number of ketones is 1. The highest BCUT2D eigenvalue weighted by Gasteiger charge is 2.61. The number of hydrogen-bond donors (Lipinski definition) is 0. The Labute approximate surface area is 191 Å². The number of ether oxygens (including phenoxy) is 2. The molecule has 5 rings (SSSR count). The zero-order valence-corrected chi connectivity index (χ0v) is 19.6. The predicted molar refractivity (Wildman–Crippen MR) is 123 cm³/mol. The van der Waals surface area contributed by atoms with Crippen molar-refractivity contribution in [2.75, 3.05) is 0 Å². The number of allylic oxidation sites excluding steroid dienone is 1. The Bertz CT molecular complexity index is 921. The van der Waals surface area contributed by atoms with Gasteiger partial charge in [0.05, 0.1) is 12.7 Å². The summed E-state index contributed by atoms with van der Waals surface area (Å²) in [5, 5.41) is 0. The van der Waals surface area contributed by atoms with Crippen LogP contribution in [0, 0.1) is 28.6 Å². The lowest BCUT2D eigenvalue weighted by molar-refractivity contribution is -0.150. The summed E-state index contributed by atoms with van der Waals surface area (Å²) in [5.74, 6) is 0.999. The average Bonchev–Trinajstić information content (AvgIpc) is 3.10. The first kappa shape index (κ1) is 21.9. The van der Waals surface area contributed by atoms with E-state index in [1.54, 1.807) is 0 Å². The number of carbonyl (C=O) groups is 2. The van der Waals surface area contributed by atoms with Gasteiger partial charge in [-0.15, -0.1) is 0 Å². The van der Waals surface area contributed by atoms with E-state index in [0.717, 1.165) is 44.9 Å². The van der Waals surface area contributed by atoms with Crippen LogP contribution in [0.2, 0.25) is 0 Å². The van der Waals surface area contributed by atoms with Crippen LogP contribution in [-0.2, 0) is 25.7 Å². The Morgan fingerprint density at radius 2 is 1.81 bits per heavy atom. The van der Waals surface area contributed by atoms with Gasteiger partial charge in [-0.2, -0.15) is 0 Å². The second kappa shape index (κ2) is 8.13. The molecule has 4 aliphatic rings. The molecule has 7 atom stereocenters. The molecule has 0 amide bonds. The van der Waals surface area contributed by atoms with E-state index in [0.29, 0.717) is 24.2 Å². The molecule has 1 aromatic rings. The van der Waals surface area contributed by atoms with Gasteiger partial charge in [-0.3, -0.25) is 9.59 Å². The van der Waals surface area contributed by atoms with Crippen LogP contribution in [-0.4, -0.2) is 24.0 Å². The lowest BCUT2D eigenvalue weighted by atomic mass is 9.47. The van der Waals surface area contributed by atoms with Crippen LogP contribution < -0.4 is 0 Å². The summed E-state index contributed by atoms with van der Waals surface area (Å²) in [6, 6.07) is 10.4. The van der Waals surface area contributed by atoms with E-state index in [-0.39, 0.29) is 34.9 Å². The highest BCUT2D eigenvalue weighted by atomic mass is 16.5. The van der Waals surface area contributed by atoms with Crippen LogP contribution in [0.5, 0.6) is 0 Å². The Balaban J connectivity index is 1.35. The summed E-state index contributed by atoms with van der Waals surface area (Å²) in [4.78, 5) is 25.0. The molecule has 4 nitrogen and oxygen atoms in total. The summed E-state index contributed by atoms with van der Waals surface area (Å²) < 4.78 is 12.0. The van der Waals surface area contributed by atoms with Crippen molar-refractivity contribution < 1.29 is 19.1 Å². The average molecular weight is 437 g/mol. The first-order valence-corrected chi connectivity index (χ1v) is 12.4. The number of carbonyl (C=O) groups excluding carboxylic acids is 2. The number of rotatable bonds is 4. The van der Waals surface area contributed by atoms with Crippen LogP contribution in [0.25, 0.3) is 0 Å². The lowest BCUT2D eigenvalue weighted by Crippen LogP contribution is -2.54. The van der Waals surface area contributed by atoms with Crippen LogP contribution in [0.3, 0.4) is 0 Å². The third-order valence-electron chi connectivity index (χ3n) is 9.44. The van der Waals surface area contributed by atoms with Crippen LogP contribution in [0.15, 0.2) is 42.0 Å². The molecule has 0 aromatic heterocycles. The van der Waals surface area contributed by atoms with Gasteiger partial charge in [0.2, 0.25) is 0 Å². The summed E-state index contributed by atoms with van der Waals surface area (Å²) in [6.07, 6.45) is 9.05. The quantitative estimate of drug-likeness (QED) is 0.573. The summed E-state index contributed by atoms with van der Waals surface area (Å²) >= 11 is 0. The van der Waals surface area contributed by atoms with E-state index in [1.165, 1.54) is 18.1 Å². The molecule has 0 radical (unpaired) electrons. The second-order valence-electron chi connectivity index (χ2n) is 11.1. The smallest absolute Gasteiger partial charge is 0.302 e. The summed E-state index contributed by atoms with van der Waals surface area (Å²) in [6.45, 7) is 6.87. The van der Waals surface area contributed by atoms with Crippen molar-refractivity contribution in [3.05, 3.63) is 47.5 Å². The number of hydrogen-bond acceptors (Lipinski definition) is 4. The minimum absolute atomic E-state index is 0.0551. The largest absolute Gasteiger partial charge is 0.462 e. The Hall–Kier alpha value is -1.94. The third-order valence-corrected chi connectivity index (χ3v) is 9.44. The second-order valence-corrected chi connectivity index (χ2v) is 11.1. The molecule has 0 unspecified atom stereocenters. The maximum Gasteiger partial charge on any atom is 0.302 e. The molecule has 0 heterocycles. The third kappa shape index (κ3) is 3.55. The number of benzene rings is 1. The van der Waals surface area contributed by atoms with Crippen molar-refractivity contribution in [3.63, 3.8) is 0 Å². The van der Waals surface area contributed by atoms with Gasteiger partial charge in [0.1, 0.15) is 6.10 Å². The van der Waals surface area contributed by atoms with E-state index in [1.807, 2.05) is 12.1 Å². The monoisotopic (exact) mass is 436 g/mol. The molecule has 0 bridgehead atoms. The molecule has 172 valence electrons. The van der Waals surface area contributed by atoms with E-state index in [2.05, 4.69) is 38.1 Å². The fraction of sp³-hybridized carbons (Fsp3) is 0.643. The van der Waals surface area contributed by atoms with Gasteiger partial charge in [-0.1, -0.05) is 49.8 Å². The van der Waals surface area contributed by atoms with Gasteiger partial charge in [0.25, 0.3) is 0 Å². The molecular formula is C28H36O4. The van der Waals surface area contributed by atoms with Gasteiger partial charge < -0.3 is 9.47 Å². The molecule has 4 heteroatoms. The van der Waals surface area contributed by atoms with Gasteiger partial charge >= 0.3 is 5.97 Å². The first-order valence-electron chi connectivity index (χ1n) is 12.4. The molecule has 3 saturated carbocycles. The van der Waals surface area contributed by atoms with Crippen LogP contribution in [0.1, 0.15) is 71.3 Å². The molecule has 0 spiro atoms. The molecule has 0 N–H and O–H groups in total. The standard InChI is InChI=1S/C28H36O4/c1-18(29)32-21-11-13-27(2)20(15-21)16-24(30)26-22-9-10-25(28(22,3)14-12-23(26)27)31-17-19-7-5-4-6-8-19/h4-8,16,21-23,25-26H,9-15,17H2,1-3H3/t21-,22+,23+,25-,26+,27-,28-/m0/s1. The SMILES string of the molecule is CC(=O)O[C@H]1CC[C@@]2(C)C(=CC(=O)[C@@H]3[C@H]4CC[C@H](OCc5ccccc5)[C@@]4(C)CC[C@H]32)C1. The number of fused-ring (bicyclic) bond motifs is 5. The molecule has 1 aromatic carbocycles. The van der Waals surface area contributed by atoms with E-state index < -0.39 is 0 Å². The van der Waals surface area contributed by atoms with Crippen molar-refractivity contribution in [1.29, 1.82) is 0 Å². The molecule has 0 saturated heterocycles. The topological polar surface area (TPSA) is 52.6 Å². The van der Waals surface area contributed by atoms with Crippen LogP contribution >= 0.6 is 0 Å². The van der Waals surface area contributed by atoms with Gasteiger partial charge in [-0.05, 0) is 72.8 Å². The van der Waals surface area contributed by atoms with Crippen molar-refractivity contribution in [1.82, 2.24) is 0 Å². The minimum Gasteiger partial charge on any atom is -0.462 e. The Kier molecular flexibility index (Phi) is 5.56. The van der Waals surface area contributed by atoms with Crippen molar-refractivity contribution in [3.8, 4) is 0 Å².